The van der Waals surface area contributed by atoms with E-state index in [9.17, 15) is 0 Å². The quantitative estimate of drug-likeness (QED) is 0.407. The third-order valence-corrected chi connectivity index (χ3v) is 9.69. The minimum absolute atomic E-state index is 0.210. The van der Waals surface area contributed by atoms with Crippen LogP contribution in [0.2, 0.25) is 0 Å². The SMILES string of the molecule is Cc1cc(C)c(P(=O)(c2ccc(OCC3CO3)cc2)c2cc(C)c(C)cc2C)cc1C. The molecule has 1 fully saturated rings. The van der Waals surface area contributed by atoms with Crippen LogP contribution in [0.3, 0.4) is 0 Å². The predicted octanol–water partition coefficient (Wildman–Crippen LogP) is 4.95. The molecule has 1 unspecified atom stereocenters. The van der Waals surface area contributed by atoms with Gasteiger partial charge in [-0.05, 0) is 111 Å². The van der Waals surface area contributed by atoms with E-state index in [-0.39, 0.29) is 6.10 Å². The number of rotatable bonds is 6. The summed E-state index contributed by atoms with van der Waals surface area (Å²) in [4.78, 5) is 0. The number of hydrogen-bond acceptors (Lipinski definition) is 3. The van der Waals surface area contributed by atoms with Gasteiger partial charge in [0.25, 0.3) is 0 Å². The number of benzene rings is 3. The first-order valence-electron chi connectivity index (χ1n) is 10.8. The molecule has 3 nitrogen and oxygen atoms in total. The second kappa shape index (κ2) is 8.30. The lowest BCUT2D eigenvalue weighted by Crippen LogP contribution is -2.29. The fourth-order valence-corrected chi connectivity index (χ4v) is 7.34. The normalized spacial score (nSPS) is 15.7. The van der Waals surface area contributed by atoms with Crippen molar-refractivity contribution in [1.82, 2.24) is 0 Å². The molecule has 1 heterocycles. The highest BCUT2D eigenvalue weighted by atomic mass is 31.2. The van der Waals surface area contributed by atoms with Crippen molar-refractivity contribution in [3.05, 3.63) is 81.9 Å². The summed E-state index contributed by atoms with van der Waals surface area (Å²) >= 11 is 0. The Bertz CT molecular complexity index is 1110. The van der Waals surface area contributed by atoms with Crippen molar-refractivity contribution in [2.24, 2.45) is 0 Å². The molecular weight excluding hydrogens is 403 g/mol. The molecule has 31 heavy (non-hydrogen) atoms. The molecule has 162 valence electrons. The zero-order chi connectivity index (χ0) is 22.3. The highest BCUT2D eigenvalue weighted by molar-refractivity contribution is 7.85. The Hall–Kier alpha value is -2.35. The summed E-state index contributed by atoms with van der Waals surface area (Å²) in [7, 11) is -3.07. The Labute approximate surface area is 185 Å². The Kier molecular flexibility index (Phi) is 5.85. The van der Waals surface area contributed by atoms with Crippen molar-refractivity contribution in [2.45, 2.75) is 47.6 Å². The Morgan fingerprint density at radius 2 is 1.23 bits per heavy atom. The lowest BCUT2D eigenvalue weighted by molar-refractivity contribution is 0.263. The summed E-state index contributed by atoms with van der Waals surface area (Å²) in [5.41, 5.74) is 6.88. The first-order valence-corrected chi connectivity index (χ1v) is 12.5. The molecule has 0 radical (unpaired) electrons. The maximum absolute atomic E-state index is 15.1. The molecule has 1 aliphatic rings. The maximum atomic E-state index is 15.1. The maximum Gasteiger partial charge on any atom is 0.171 e. The Balaban J connectivity index is 1.88. The Morgan fingerprint density at radius 1 is 0.774 bits per heavy atom. The van der Waals surface area contributed by atoms with Gasteiger partial charge in [-0.2, -0.15) is 0 Å². The third-order valence-electron chi connectivity index (χ3n) is 6.34. The molecule has 3 aromatic carbocycles. The molecule has 0 spiro atoms. The highest BCUT2D eigenvalue weighted by Crippen LogP contribution is 2.45. The second-order valence-corrected chi connectivity index (χ2v) is 11.5. The minimum atomic E-state index is -3.07. The van der Waals surface area contributed by atoms with E-state index in [1.54, 1.807) is 0 Å². The molecule has 4 rings (SSSR count). The van der Waals surface area contributed by atoms with Crippen molar-refractivity contribution in [1.29, 1.82) is 0 Å². The topological polar surface area (TPSA) is 38.8 Å². The van der Waals surface area contributed by atoms with Crippen LogP contribution in [0, 0.1) is 41.5 Å². The van der Waals surface area contributed by atoms with E-state index in [2.05, 4.69) is 65.8 Å². The summed E-state index contributed by atoms with van der Waals surface area (Å²) in [6.45, 7) is 13.9. The van der Waals surface area contributed by atoms with Crippen LogP contribution < -0.4 is 20.7 Å². The van der Waals surface area contributed by atoms with Gasteiger partial charge in [0.2, 0.25) is 0 Å². The van der Waals surface area contributed by atoms with Crippen LogP contribution >= 0.6 is 7.14 Å². The standard InChI is InChI=1S/C27H31O3P/c1-17-11-21(5)26(13-19(17)3)31(28,27-14-20(4)18(2)12-22(27)6)25-9-7-23(8-10-25)29-15-24-16-30-24/h7-14,24H,15-16H2,1-6H3. The van der Waals surface area contributed by atoms with E-state index >= 15 is 4.57 Å². The summed E-state index contributed by atoms with van der Waals surface area (Å²) in [6, 6.07) is 16.3. The molecular formula is C27H31O3P. The molecule has 1 aliphatic heterocycles. The van der Waals surface area contributed by atoms with Crippen LogP contribution in [0.4, 0.5) is 0 Å². The molecule has 0 N–H and O–H groups in total. The van der Waals surface area contributed by atoms with Gasteiger partial charge in [-0.1, -0.05) is 12.1 Å². The molecule has 1 atom stereocenters. The summed E-state index contributed by atoms with van der Waals surface area (Å²) in [5, 5.41) is 2.67. The predicted molar refractivity (Wildman–Crippen MR) is 129 cm³/mol. The first kappa shape index (κ1) is 21.9. The second-order valence-electron chi connectivity index (χ2n) is 8.82. The minimum Gasteiger partial charge on any atom is -0.491 e. The van der Waals surface area contributed by atoms with E-state index in [1.165, 1.54) is 11.1 Å². The fraction of sp³-hybridized carbons (Fsp3) is 0.333. The fourth-order valence-electron chi connectivity index (χ4n) is 4.08. The van der Waals surface area contributed by atoms with Gasteiger partial charge in [-0.25, -0.2) is 0 Å². The lowest BCUT2D eigenvalue weighted by atomic mass is 10.1. The van der Waals surface area contributed by atoms with Crippen LogP contribution in [-0.2, 0) is 9.30 Å². The Morgan fingerprint density at radius 3 is 1.68 bits per heavy atom. The first-order chi connectivity index (χ1) is 14.7. The molecule has 0 amide bonds. The van der Waals surface area contributed by atoms with Crippen molar-refractivity contribution >= 4 is 23.1 Å². The average Bonchev–Trinajstić information content (AvgIpc) is 3.56. The van der Waals surface area contributed by atoms with Crippen LogP contribution in [0.15, 0.2) is 48.5 Å². The molecule has 4 heteroatoms. The van der Waals surface area contributed by atoms with Crippen LogP contribution in [0.1, 0.15) is 33.4 Å². The van der Waals surface area contributed by atoms with E-state index < -0.39 is 7.14 Å². The van der Waals surface area contributed by atoms with Gasteiger partial charge in [0.15, 0.2) is 7.14 Å². The van der Waals surface area contributed by atoms with Crippen molar-refractivity contribution < 1.29 is 14.0 Å². The molecule has 1 saturated heterocycles. The van der Waals surface area contributed by atoms with E-state index in [0.717, 1.165) is 50.5 Å². The zero-order valence-corrected chi connectivity index (χ0v) is 20.2. The van der Waals surface area contributed by atoms with Crippen molar-refractivity contribution in [3.8, 4) is 5.75 Å². The van der Waals surface area contributed by atoms with Crippen molar-refractivity contribution in [3.63, 3.8) is 0 Å². The number of epoxide rings is 1. The monoisotopic (exact) mass is 434 g/mol. The van der Waals surface area contributed by atoms with Gasteiger partial charge in [0.1, 0.15) is 18.5 Å². The number of ether oxygens (including phenoxy) is 2. The van der Waals surface area contributed by atoms with Crippen LogP contribution in [0.5, 0.6) is 5.75 Å². The van der Waals surface area contributed by atoms with Crippen LogP contribution in [0.25, 0.3) is 0 Å². The molecule has 3 aromatic rings. The largest absolute Gasteiger partial charge is 0.491 e. The smallest absolute Gasteiger partial charge is 0.171 e. The average molecular weight is 435 g/mol. The molecule has 0 saturated carbocycles. The van der Waals surface area contributed by atoms with Gasteiger partial charge in [0.05, 0.1) is 6.61 Å². The lowest BCUT2D eigenvalue weighted by Gasteiger charge is -2.25. The van der Waals surface area contributed by atoms with Gasteiger partial charge >= 0.3 is 0 Å². The van der Waals surface area contributed by atoms with Crippen molar-refractivity contribution in [2.75, 3.05) is 13.2 Å². The summed E-state index contributed by atoms with van der Waals surface area (Å²) in [6.07, 6.45) is 0.210. The van der Waals surface area contributed by atoms with E-state index in [0.29, 0.717) is 6.61 Å². The zero-order valence-electron chi connectivity index (χ0n) is 19.3. The third kappa shape index (κ3) is 4.22. The van der Waals surface area contributed by atoms with Gasteiger partial charge in [0, 0.05) is 15.9 Å². The van der Waals surface area contributed by atoms with Gasteiger partial charge < -0.3 is 14.0 Å². The van der Waals surface area contributed by atoms with Gasteiger partial charge in [-0.3, -0.25) is 0 Å². The van der Waals surface area contributed by atoms with Crippen LogP contribution in [-0.4, -0.2) is 19.3 Å². The summed E-state index contributed by atoms with van der Waals surface area (Å²) < 4.78 is 26.1. The summed E-state index contributed by atoms with van der Waals surface area (Å²) in [5.74, 6) is 0.777. The molecule has 0 bridgehead atoms. The van der Waals surface area contributed by atoms with E-state index in [1.807, 2.05) is 24.3 Å². The number of hydrogen-bond donors (Lipinski definition) is 0. The molecule has 0 aliphatic carbocycles. The molecule has 0 aromatic heterocycles. The van der Waals surface area contributed by atoms with E-state index in [4.69, 9.17) is 9.47 Å². The highest BCUT2D eigenvalue weighted by Gasteiger charge is 2.33. The number of aryl methyl sites for hydroxylation is 6. The van der Waals surface area contributed by atoms with Gasteiger partial charge in [-0.15, -0.1) is 0 Å².